The van der Waals surface area contributed by atoms with Gasteiger partial charge in [-0.25, -0.2) is 4.98 Å². The van der Waals surface area contributed by atoms with Crippen LogP contribution in [-0.4, -0.2) is 22.6 Å². The second-order valence-corrected chi connectivity index (χ2v) is 5.36. The van der Waals surface area contributed by atoms with Gasteiger partial charge in [0.15, 0.2) is 0 Å². The van der Waals surface area contributed by atoms with E-state index >= 15 is 0 Å². The van der Waals surface area contributed by atoms with Crippen LogP contribution in [0, 0.1) is 0 Å². The molecule has 0 fully saturated rings. The highest BCUT2D eigenvalue weighted by molar-refractivity contribution is 6.02. The molecule has 122 valence electrons. The van der Waals surface area contributed by atoms with E-state index in [1.807, 2.05) is 41.0 Å². The molecule has 0 aliphatic rings. The summed E-state index contributed by atoms with van der Waals surface area (Å²) >= 11 is 0. The Morgan fingerprint density at radius 3 is 2.79 bits per heavy atom. The number of nitrogen functional groups attached to an aromatic ring is 1. The van der Waals surface area contributed by atoms with Crippen LogP contribution in [0.4, 0.5) is 11.4 Å². The molecular weight excluding hydrogens is 304 g/mol. The van der Waals surface area contributed by atoms with Crippen molar-refractivity contribution in [3.05, 3.63) is 72.3 Å². The molecule has 24 heavy (non-hydrogen) atoms. The molecule has 6 heteroatoms. The Bertz CT molecular complexity index is 840. The van der Waals surface area contributed by atoms with Gasteiger partial charge in [-0.2, -0.15) is 0 Å². The molecule has 0 aliphatic heterocycles. The first-order chi connectivity index (χ1) is 11.6. The Labute approximate surface area is 139 Å². The summed E-state index contributed by atoms with van der Waals surface area (Å²) in [5, 5.41) is 2.81. The van der Waals surface area contributed by atoms with Gasteiger partial charge in [0.05, 0.1) is 13.4 Å². The van der Waals surface area contributed by atoms with Crippen LogP contribution in [0.25, 0.3) is 0 Å². The first-order valence-electron chi connectivity index (χ1n) is 7.45. The SMILES string of the molecule is COc1cccc(NC(=O)c2cn(Cc3ccc(N)cc3)cn2)c1. The minimum absolute atomic E-state index is 0.265. The van der Waals surface area contributed by atoms with Crippen molar-refractivity contribution >= 4 is 17.3 Å². The zero-order chi connectivity index (χ0) is 16.9. The molecule has 0 radical (unpaired) electrons. The summed E-state index contributed by atoms with van der Waals surface area (Å²) in [6.07, 6.45) is 3.35. The quantitative estimate of drug-likeness (QED) is 0.708. The molecule has 0 bridgehead atoms. The predicted octanol–water partition coefficient (Wildman–Crippen LogP) is 2.77. The summed E-state index contributed by atoms with van der Waals surface area (Å²) in [5.74, 6) is 0.418. The van der Waals surface area contributed by atoms with Crippen molar-refractivity contribution in [2.75, 3.05) is 18.2 Å². The number of nitrogens with one attached hydrogen (secondary N) is 1. The second kappa shape index (κ2) is 6.87. The molecule has 3 N–H and O–H groups in total. The minimum atomic E-state index is -0.265. The van der Waals surface area contributed by atoms with Crippen LogP contribution in [0.15, 0.2) is 61.1 Å². The number of amides is 1. The van der Waals surface area contributed by atoms with Crippen LogP contribution >= 0.6 is 0 Å². The Morgan fingerprint density at radius 2 is 2.04 bits per heavy atom. The van der Waals surface area contributed by atoms with Gasteiger partial charge in [0.2, 0.25) is 0 Å². The molecule has 0 saturated carbocycles. The predicted molar refractivity (Wildman–Crippen MR) is 93.1 cm³/mol. The number of benzene rings is 2. The van der Waals surface area contributed by atoms with Gasteiger partial charge >= 0.3 is 0 Å². The normalized spacial score (nSPS) is 10.4. The highest BCUT2D eigenvalue weighted by atomic mass is 16.5. The van der Waals surface area contributed by atoms with E-state index in [0.29, 0.717) is 23.7 Å². The topological polar surface area (TPSA) is 82.2 Å². The lowest BCUT2D eigenvalue weighted by Crippen LogP contribution is -2.12. The van der Waals surface area contributed by atoms with Crippen LogP contribution in [0.1, 0.15) is 16.1 Å². The summed E-state index contributed by atoms with van der Waals surface area (Å²) < 4.78 is 6.99. The zero-order valence-corrected chi connectivity index (χ0v) is 13.3. The molecule has 6 nitrogen and oxygen atoms in total. The van der Waals surface area contributed by atoms with Crippen LogP contribution in [0.5, 0.6) is 5.75 Å². The number of carbonyl (C=O) groups is 1. The van der Waals surface area contributed by atoms with Gasteiger partial charge in [-0.05, 0) is 29.8 Å². The number of hydrogen-bond donors (Lipinski definition) is 2. The first-order valence-corrected chi connectivity index (χ1v) is 7.45. The van der Waals surface area contributed by atoms with Crippen molar-refractivity contribution in [3.8, 4) is 5.75 Å². The molecule has 0 saturated heterocycles. The zero-order valence-electron chi connectivity index (χ0n) is 13.3. The highest BCUT2D eigenvalue weighted by Crippen LogP contribution is 2.17. The number of imidazole rings is 1. The number of rotatable bonds is 5. The van der Waals surface area contributed by atoms with Crippen molar-refractivity contribution in [2.24, 2.45) is 0 Å². The molecular formula is C18H18N4O2. The molecule has 0 unspecified atom stereocenters. The summed E-state index contributed by atoms with van der Waals surface area (Å²) in [4.78, 5) is 16.4. The maximum atomic E-state index is 12.3. The standard InChI is InChI=1S/C18H18N4O2/c1-24-16-4-2-3-15(9-16)21-18(23)17-11-22(12-20-17)10-13-5-7-14(19)8-6-13/h2-9,11-12H,10,19H2,1H3,(H,21,23). The summed E-state index contributed by atoms with van der Waals surface area (Å²) in [6, 6.07) is 14.8. The summed E-state index contributed by atoms with van der Waals surface area (Å²) in [7, 11) is 1.58. The number of nitrogens with zero attached hydrogens (tertiary/aromatic N) is 2. The minimum Gasteiger partial charge on any atom is -0.497 e. The number of nitrogens with two attached hydrogens (primary N) is 1. The largest absolute Gasteiger partial charge is 0.497 e. The molecule has 1 amide bonds. The van der Waals surface area contributed by atoms with Crippen LogP contribution in [-0.2, 0) is 6.54 Å². The van der Waals surface area contributed by atoms with Gasteiger partial charge in [0, 0.05) is 30.2 Å². The molecule has 1 heterocycles. The van der Waals surface area contributed by atoms with Gasteiger partial charge < -0.3 is 20.4 Å². The van der Waals surface area contributed by atoms with E-state index in [1.165, 1.54) is 0 Å². The number of carbonyl (C=O) groups excluding carboxylic acids is 1. The van der Waals surface area contributed by atoms with E-state index in [0.717, 1.165) is 11.3 Å². The summed E-state index contributed by atoms with van der Waals surface area (Å²) in [6.45, 7) is 0.625. The van der Waals surface area contributed by atoms with Gasteiger partial charge in [-0.15, -0.1) is 0 Å². The van der Waals surface area contributed by atoms with E-state index in [1.54, 1.807) is 31.8 Å². The lowest BCUT2D eigenvalue weighted by Gasteiger charge is -2.05. The third-order valence-electron chi connectivity index (χ3n) is 3.54. The van der Waals surface area contributed by atoms with Crippen molar-refractivity contribution in [1.29, 1.82) is 0 Å². The summed E-state index contributed by atoms with van der Waals surface area (Å²) in [5.41, 5.74) is 8.50. The lowest BCUT2D eigenvalue weighted by atomic mass is 10.2. The average molecular weight is 322 g/mol. The van der Waals surface area contributed by atoms with E-state index in [4.69, 9.17) is 10.5 Å². The van der Waals surface area contributed by atoms with Crippen molar-refractivity contribution in [3.63, 3.8) is 0 Å². The Balaban J connectivity index is 1.67. The fraction of sp³-hybridized carbons (Fsp3) is 0.111. The van der Waals surface area contributed by atoms with E-state index in [2.05, 4.69) is 10.3 Å². The molecule has 3 aromatic rings. The highest BCUT2D eigenvalue weighted by Gasteiger charge is 2.10. The lowest BCUT2D eigenvalue weighted by molar-refractivity contribution is 0.102. The number of methoxy groups -OCH3 is 1. The molecule has 0 atom stereocenters. The third-order valence-corrected chi connectivity index (χ3v) is 3.54. The van der Waals surface area contributed by atoms with Gasteiger partial charge in [0.25, 0.3) is 5.91 Å². The fourth-order valence-electron chi connectivity index (χ4n) is 2.29. The van der Waals surface area contributed by atoms with Crippen molar-refractivity contribution < 1.29 is 9.53 Å². The Hall–Kier alpha value is -3.28. The number of anilines is 2. The second-order valence-electron chi connectivity index (χ2n) is 5.36. The molecule has 0 spiro atoms. The molecule has 2 aromatic carbocycles. The van der Waals surface area contributed by atoms with Gasteiger partial charge in [0.1, 0.15) is 11.4 Å². The first kappa shape index (κ1) is 15.6. The average Bonchev–Trinajstić information content (AvgIpc) is 3.06. The smallest absolute Gasteiger partial charge is 0.275 e. The van der Waals surface area contributed by atoms with Crippen LogP contribution in [0.3, 0.4) is 0 Å². The third kappa shape index (κ3) is 3.73. The molecule has 1 aromatic heterocycles. The van der Waals surface area contributed by atoms with Crippen molar-refractivity contribution in [1.82, 2.24) is 9.55 Å². The van der Waals surface area contributed by atoms with E-state index in [-0.39, 0.29) is 5.91 Å². The Morgan fingerprint density at radius 1 is 1.25 bits per heavy atom. The van der Waals surface area contributed by atoms with Gasteiger partial charge in [-0.3, -0.25) is 4.79 Å². The van der Waals surface area contributed by atoms with Crippen molar-refractivity contribution in [2.45, 2.75) is 6.54 Å². The number of ether oxygens (including phenoxy) is 1. The Kier molecular flexibility index (Phi) is 4.47. The fourth-order valence-corrected chi connectivity index (χ4v) is 2.29. The molecule has 3 rings (SSSR count). The monoisotopic (exact) mass is 322 g/mol. The molecule has 0 aliphatic carbocycles. The number of hydrogen-bond acceptors (Lipinski definition) is 4. The van der Waals surface area contributed by atoms with Crippen LogP contribution < -0.4 is 15.8 Å². The van der Waals surface area contributed by atoms with E-state index < -0.39 is 0 Å². The van der Waals surface area contributed by atoms with Crippen LogP contribution in [0.2, 0.25) is 0 Å². The maximum Gasteiger partial charge on any atom is 0.275 e. The maximum absolute atomic E-state index is 12.3. The van der Waals surface area contributed by atoms with Gasteiger partial charge in [-0.1, -0.05) is 18.2 Å². The van der Waals surface area contributed by atoms with E-state index in [9.17, 15) is 4.79 Å². The number of aromatic nitrogens is 2.